The Bertz CT molecular complexity index is 388. The second-order valence-corrected chi connectivity index (χ2v) is 5.23. The van der Waals surface area contributed by atoms with Gasteiger partial charge in [0.2, 0.25) is 5.91 Å². The van der Waals surface area contributed by atoms with Gasteiger partial charge in [0.25, 0.3) is 0 Å². The lowest BCUT2D eigenvalue weighted by atomic mass is 9.97. The lowest BCUT2D eigenvalue weighted by molar-refractivity contribution is -0.123. The Labute approximate surface area is 114 Å². The van der Waals surface area contributed by atoms with E-state index in [4.69, 9.17) is 5.73 Å². The summed E-state index contributed by atoms with van der Waals surface area (Å²) < 4.78 is 0. The van der Waals surface area contributed by atoms with Crippen LogP contribution in [-0.2, 0) is 4.79 Å². The smallest absolute Gasteiger partial charge is 0.229 e. The van der Waals surface area contributed by atoms with Gasteiger partial charge in [-0.3, -0.25) is 9.78 Å². The number of aromatic nitrogens is 1. The van der Waals surface area contributed by atoms with Gasteiger partial charge in [0.05, 0.1) is 11.6 Å². The molecule has 4 heteroatoms. The molecule has 1 aliphatic carbocycles. The zero-order valence-electron chi connectivity index (χ0n) is 11.3. The maximum absolute atomic E-state index is 12.4. The number of nitrogens with two attached hydrogens (primary N) is 1. The molecule has 2 rings (SSSR count). The first-order chi connectivity index (χ1) is 9.31. The van der Waals surface area contributed by atoms with Gasteiger partial charge < -0.3 is 11.1 Å². The first-order valence-electron chi connectivity index (χ1n) is 7.22. The number of pyridine rings is 1. The molecule has 1 unspecified atom stereocenters. The second kappa shape index (κ2) is 7.24. The van der Waals surface area contributed by atoms with Gasteiger partial charge >= 0.3 is 0 Å². The fourth-order valence-corrected chi connectivity index (χ4v) is 2.69. The highest BCUT2D eigenvalue weighted by Crippen LogP contribution is 2.22. The SMILES string of the molecule is NCCCC(C(=O)NC1CCCC1)c1ccccn1. The van der Waals surface area contributed by atoms with E-state index in [1.165, 1.54) is 12.8 Å². The zero-order chi connectivity index (χ0) is 13.5. The summed E-state index contributed by atoms with van der Waals surface area (Å²) in [5.74, 6) is -0.0515. The monoisotopic (exact) mass is 261 g/mol. The van der Waals surface area contributed by atoms with E-state index >= 15 is 0 Å². The van der Waals surface area contributed by atoms with Gasteiger partial charge in [0.15, 0.2) is 0 Å². The Morgan fingerprint density at radius 3 is 2.84 bits per heavy atom. The molecule has 0 aromatic carbocycles. The maximum Gasteiger partial charge on any atom is 0.229 e. The lowest BCUT2D eigenvalue weighted by Crippen LogP contribution is -2.36. The van der Waals surface area contributed by atoms with Crippen molar-refractivity contribution in [3.05, 3.63) is 30.1 Å². The molecule has 3 N–H and O–H groups in total. The summed E-state index contributed by atoms with van der Waals surface area (Å²) >= 11 is 0. The fraction of sp³-hybridized carbons (Fsp3) is 0.600. The first-order valence-corrected chi connectivity index (χ1v) is 7.22. The predicted octanol–water partition coefficient (Wildman–Crippen LogP) is 1.96. The van der Waals surface area contributed by atoms with Crippen LogP contribution in [0.1, 0.15) is 50.1 Å². The van der Waals surface area contributed by atoms with Crippen LogP contribution in [0.5, 0.6) is 0 Å². The third kappa shape index (κ3) is 4.03. The second-order valence-electron chi connectivity index (χ2n) is 5.23. The van der Waals surface area contributed by atoms with Crippen molar-refractivity contribution in [2.24, 2.45) is 5.73 Å². The summed E-state index contributed by atoms with van der Waals surface area (Å²) in [5.41, 5.74) is 6.42. The van der Waals surface area contributed by atoms with Crippen molar-refractivity contribution in [1.82, 2.24) is 10.3 Å². The average molecular weight is 261 g/mol. The highest BCUT2D eigenvalue weighted by atomic mass is 16.1. The molecule has 1 amide bonds. The van der Waals surface area contributed by atoms with E-state index in [-0.39, 0.29) is 11.8 Å². The fourth-order valence-electron chi connectivity index (χ4n) is 2.69. The first kappa shape index (κ1) is 14.0. The van der Waals surface area contributed by atoms with Crippen LogP contribution < -0.4 is 11.1 Å². The quantitative estimate of drug-likeness (QED) is 0.822. The highest BCUT2D eigenvalue weighted by Gasteiger charge is 2.25. The van der Waals surface area contributed by atoms with Gasteiger partial charge in [-0.1, -0.05) is 18.9 Å². The zero-order valence-corrected chi connectivity index (χ0v) is 11.3. The molecule has 1 saturated carbocycles. The summed E-state index contributed by atoms with van der Waals surface area (Å²) in [5, 5.41) is 3.17. The Kier molecular flexibility index (Phi) is 5.33. The van der Waals surface area contributed by atoms with E-state index in [1.54, 1.807) is 6.20 Å². The number of amides is 1. The molecule has 1 atom stereocenters. The maximum atomic E-state index is 12.4. The summed E-state index contributed by atoms with van der Waals surface area (Å²) in [4.78, 5) is 16.7. The van der Waals surface area contributed by atoms with E-state index < -0.39 is 0 Å². The van der Waals surface area contributed by atoms with Crippen molar-refractivity contribution >= 4 is 5.91 Å². The van der Waals surface area contributed by atoms with Crippen molar-refractivity contribution in [3.63, 3.8) is 0 Å². The standard InChI is InChI=1S/C15H23N3O/c16-10-5-8-13(14-9-3-4-11-17-14)15(19)18-12-6-1-2-7-12/h3-4,9,11-13H,1-2,5-8,10,16H2,(H,18,19). The number of carbonyl (C=O) groups excluding carboxylic acids is 1. The van der Waals surface area contributed by atoms with Gasteiger partial charge in [-0.2, -0.15) is 0 Å². The molecule has 4 nitrogen and oxygen atoms in total. The molecule has 0 saturated heterocycles. The van der Waals surface area contributed by atoms with Gasteiger partial charge in [-0.05, 0) is 44.4 Å². The molecule has 1 fully saturated rings. The molecule has 19 heavy (non-hydrogen) atoms. The van der Waals surface area contributed by atoms with E-state index in [9.17, 15) is 4.79 Å². The van der Waals surface area contributed by atoms with Crippen molar-refractivity contribution in [1.29, 1.82) is 0 Å². The van der Waals surface area contributed by atoms with Crippen LogP contribution >= 0.6 is 0 Å². The number of carbonyl (C=O) groups is 1. The summed E-state index contributed by atoms with van der Waals surface area (Å²) in [6, 6.07) is 6.09. The third-order valence-corrected chi connectivity index (χ3v) is 3.76. The summed E-state index contributed by atoms with van der Waals surface area (Å²) in [7, 11) is 0. The van der Waals surface area contributed by atoms with Crippen LogP contribution in [0, 0.1) is 0 Å². The van der Waals surface area contributed by atoms with E-state index in [0.717, 1.165) is 31.4 Å². The minimum atomic E-state index is -0.162. The van der Waals surface area contributed by atoms with E-state index in [1.807, 2.05) is 18.2 Å². The van der Waals surface area contributed by atoms with Crippen LogP contribution in [0.4, 0.5) is 0 Å². The Hall–Kier alpha value is -1.42. The van der Waals surface area contributed by atoms with Crippen molar-refractivity contribution in [2.75, 3.05) is 6.54 Å². The van der Waals surface area contributed by atoms with Crippen LogP contribution in [0.15, 0.2) is 24.4 Å². The molecule has 1 aliphatic rings. The Balaban J connectivity index is 2.01. The molecule has 0 spiro atoms. The van der Waals surface area contributed by atoms with Crippen LogP contribution in [0.25, 0.3) is 0 Å². The normalized spacial score (nSPS) is 17.3. The molecule has 0 aliphatic heterocycles. The van der Waals surface area contributed by atoms with Gasteiger partial charge in [0.1, 0.15) is 0 Å². The van der Waals surface area contributed by atoms with E-state index in [0.29, 0.717) is 12.6 Å². The lowest BCUT2D eigenvalue weighted by Gasteiger charge is -2.19. The molecule has 0 radical (unpaired) electrons. The Morgan fingerprint density at radius 1 is 1.42 bits per heavy atom. The molecule has 0 bridgehead atoms. The molecular formula is C15H23N3O. The van der Waals surface area contributed by atoms with Gasteiger partial charge in [0, 0.05) is 12.2 Å². The highest BCUT2D eigenvalue weighted by molar-refractivity contribution is 5.83. The van der Waals surface area contributed by atoms with Crippen LogP contribution in [0.3, 0.4) is 0 Å². The summed E-state index contributed by atoms with van der Waals surface area (Å²) in [6.07, 6.45) is 8.03. The minimum Gasteiger partial charge on any atom is -0.353 e. The number of nitrogens with zero attached hydrogens (tertiary/aromatic N) is 1. The van der Waals surface area contributed by atoms with Crippen LogP contribution in [0.2, 0.25) is 0 Å². The van der Waals surface area contributed by atoms with Gasteiger partial charge in [-0.25, -0.2) is 0 Å². The molecule has 1 aromatic rings. The largest absolute Gasteiger partial charge is 0.353 e. The van der Waals surface area contributed by atoms with Crippen molar-refractivity contribution < 1.29 is 4.79 Å². The third-order valence-electron chi connectivity index (χ3n) is 3.76. The average Bonchev–Trinajstić information content (AvgIpc) is 2.93. The van der Waals surface area contributed by atoms with Crippen molar-refractivity contribution in [3.8, 4) is 0 Å². The number of hydrogen-bond acceptors (Lipinski definition) is 3. The number of hydrogen-bond donors (Lipinski definition) is 2. The van der Waals surface area contributed by atoms with Gasteiger partial charge in [-0.15, -0.1) is 0 Å². The topological polar surface area (TPSA) is 68.0 Å². The minimum absolute atomic E-state index is 0.110. The van der Waals surface area contributed by atoms with E-state index in [2.05, 4.69) is 10.3 Å². The molecule has 1 heterocycles. The van der Waals surface area contributed by atoms with Crippen LogP contribution in [-0.4, -0.2) is 23.5 Å². The predicted molar refractivity (Wildman–Crippen MR) is 75.7 cm³/mol. The number of nitrogens with one attached hydrogen (secondary N) is 1. The molecular weight excluding hydrogens is 238 g/mol. The summed E-state index contributed by atoms with van der Waals surface area (Å²) in [6.45, 7) is 0.611. The molecule has 104 valence electrons. The number of rotatable bonds is 6. The van der Waals surface area contributed by atoms with Crippen molar-refractivity contribution in [2.45, 2.75) is 50.5 Å². The molecule has 1 aromatic heterocycles. The Morgan fingerprint density at radius 2 is 2.21 bits per heavy atom.